The van der Waals surface area contributed by atoms with E-state index < -0.39 is 11.7 Å². The van der Waals surface area contributed by atoms with Crippen LogP contribution >= 0.6 is 11.6 Å². The van der Waals surface area contributed by atoms with Gasteiger partial charge in [-0.2, -0.15) is 0 Å². The van der Waals surface area contributed by atoms with Gasteiger partial charge < -0.3 is 15.8 Å². The number of halogens is 2. The number of fused-ring (bicyclic) bond motifs is 1. The number of rotatable bonds is 4. The standard InChI is InChI=1S/C16H11ClFN4O2/c1-24-9-3-4-10-13(7-9)21-16(14(19)23)22-15(10)20-8-2-5-12(18)11(17)6-8/h2,4-7H,1H3,(H2,19,23)(H,20,21,22). The molecule has 0 atom stereocenters. The molecule has 0 saturated heterocycles. The van der Waals surface area contributed by atoms with Crippen LogP contribution in [-0.2, 0) is 0 Å². The summed E-state index contributed by atoms with van der Waals surface area (Å²) < 4.78 is 18.4. The molecule has 121 valence electrons. The molecule has 3 N–H and O–H groups in total. The minimum absolute atomic E-state index is 0.0401. The predicted molar refractivity (Wildman–Crippen MR) is 88.1 cm³/mol. The molecule has 0 saturated carbocycles. The number of primary amides is 1. The Morgan fingerprint density at radius 3 is 2.83 bits per heavy atom. The lowest BCUT2D eigenvalue weighted by molar-refractivity contribution is 0.0991. The van der Waals surface area contributed by atoms with Gasteiger partial charge >= 0.3 is 0 Å². The highest BCUT2D eigenvalue weighted by molar-refractivity contribution is 6.31. The van der Waals surface area contributed by atoms with E-state index in [1.807, 2.05) is 0 Å². The van der Waals surface area contributed by atoms with Crippen LogP contribution in [0.15, 0.2) is 30.3 Å². The van der Waals surface area contributed by atoms with E-state index in [0.717, 1.165) is 0 Å². The van der Waals surface area contributed by atoms with Crippen LogP contribution in [-0.4, -0.2) is 23.0 Å². The second kappa shape index (κ2) is 6.29. The molecule has 0 aliphatic rings. The first kappa shape index (κ1) is 15.9. The molecule has 3 rings (SSSR count). The van der Waals surface area contributed by atoms with Crippen molar-refractivity contribution in [1.82, 2.24) is 9.97 Å². The van der Waals surface area contributed by atoms with E-state index in [1.54, 1.807) is 12.1 Å². The van der Waals surface area contributed by atoms with Crippen molar-refractivity contribution in [3.63, 3.8) is 0 Å². The maximum absolute atomic E-state index is 13.3. The number of hydrogen-bond acceptors (Lipinski definition) is 5. The van der Waals surface area contributed by atoms with Crippen molar-refractivity contribution in [3.8, 4) is 5.75 Å². The summed E-state index contributed by atoms with van der Waals surface area (Å²) in [5.74, 6) is -0.705. The van der Waals surface area contributed by atoms with Crippen molar-refractivity contribution < 1.29 is 13.9 Å². The predicted octanol–water partition coefficient (Wildman–Crippen LogP) is 3.07. The van der Waals surface area contributed by atoms with Gasteiger partial charge in [0.05, 0.1) is 17.6 Å². The molecule has 0 aliphatic carbocycles. The third kappa shape index (κ3) is 3.07. The highest BCUT2D eigenvalue weighted by Gasteiger charge is 2.13. The SMILES string of the molecule is COc1[c]cc2c(Nc3ccc(F)c(Cl)c3)nc(C(N)=O)nc2c1. The zero-order valence-electron chi connectivity index (χ0n) is 12.4. The highest BCUT2D eigenvalue weighted by Crippen LogP contribution is 2.28. The van der Waals surface area contributed by atoms with Gasteiger partial charge in [0.25, 0.3) is 5.91 Å². The smallest absolute Gasteiger partial charge is 0.286 e. The van der Waals surface area contributed by atoms with Crippen molar-refractivity contribution >= 4 is 39.9 Å². The van der Waals surface area contributed by atoms with Crippen molar-refractivity contribution in [2.24, 2.45) is 5.73 Å². The topological polar surface area (TPSA) is 90.1 Å². The van der Waals surface area contributed by atoms with Crippen LogP contribution in [0.2, 0.25) is 5.02 Å². The number of carbonyl (C=O) groups is 1. The van der Waals surface area contributed by atoms with Crippen LogP contribution < -0.4 is 15.8 Å². The van der Waals surface area contributed by atoms with Gasteiger partial charge in [0.15, 0.2) is 0 Å². The van der Waals surface area contributed by atoms with Crippen molar-refractivity contribution in [3.05, 3.63) is 53.1 Å². The van der Waals surface area contributed by atoms with Gasteiger partial charge in [0, 0.05) is 23.2 Å². The summed E-state index contributed by atoms with van der Waals surface area (Å²) in [6.07, 6.45) is 0. The van der Waals surface area contributed by atoms with Crippen LogP contribution in [0.4, 0.5) is 15.9 Å². The fourth-order valence-corrected chi connectivity index (χ4v) is 2.26. The Kier molecular flexibility index (Phi) is 4.18. The summed E-state index contributed by atoms with van der Waals surface area (Å²) >= 11 is 5.78. The van der Waals surface area contributed by atoms with E-state index in [1.165, 1.54) is 25.3 Å². The van der Waals surface area contributed by atoms with Crippen LogP contribution in [0.1, 0.15) is 10.6 Å². The number of nitrogens with one attached hydrogen (secondary N) is 1. The van der Waals surface area contributed by atoms with Crippen LogP contribution in [0, 0.1) is 11.9 Å². The molecule has 0 spiro atoms. The third-order valence-electron chi connectivity index (χ3n) is 3.22. The number of hydrogen-bond donors (Lipinski definition) is 2. The Balaban J connectivity index is 2.13. The minimum Gasteiger partial charge on any atom is -0.496 e. The zero-order chi connectivity index (χ0) is 17.3. The second-order valence-electron chi connectivity index (χ2n) is 4.81. The van der Waals surface area contributed by atoms with E-state index in [2.05, 4.69) is 21.4 Å². The molecular formula is C16H11ClFN4O2. The molecule has 2 aromatic carbocycles. The van der Waals surface area contributed by atoms with E-state index in [4.69, 9.17) is 22.1 Å². The lowest BCUT2D eigenvalue weighted by Gasteiger charge is -2.11. The van der Waals surface area contributed by atoms with E-state index >= 15 is 0 Å². The summed E-state index contributed by atoms with van der Waals surface area (Å²) in [6, 6.07) is 10.3. The Bertz CT molecular complexity index is 949. The largest absolute Gasteiger partial charge is 0.496 e. The molecule has 24 heavy (non-hydrogen) atoms. The maximum atomic E-state index is 13.3. The molecule has 0 aliphatic heterocycles. The first-order valence-corrected chi connectivity index (χ1v) is 7.15. The molecule has 1 amide bonds. The van der Waals surface area contributed by atoms with Gasteiger partial charge in [-0.1, -0.05) is 11.6 Å². The lowest BCUT2D eigenvalue weighted by atomic mass is 10.2. The Morgan fingerprint density at radius 1 is 1.38 bits per heavy atom. The van der Waals surface area contributed by atoms with Crippen LogP contribution in [0.5, 0.6) is 5.75 Å². The quantitative estimate of drug-likeness (QED) is 0.758. The van der Waals surface area contributed by atoms with Gasteiger partial charge in [-0.15, -0.1) is 0 Å². The highest BCUT2D eigenvalue weighted by atomic mass is 35.5. The monoisotopic (exact) mass is 345 g/mol. The van der Waals surface area contributed by atoms with Crippen molar-refractivity contribution in [1.29, 1.82) is 0 Å². The number of ether oxygens (including phenoxy) is 1. The Hall–Kier alpha value is -2.93. The molecular weight excluding hydrogens is 335 g/mol. The fourth-order valence-electron chi connectivity index (χ4n) is 2.08. The number of benzene rings is 2. The van der Waals surface area contributed by atoms with E-state index in [-0.39, 0.29) is 10.8 Å². The summed E-state index contributed by atoms with van der Waals surface area (Å²) in [5, 5.41) is 3.52. The summed E-state index contributed by atoms with van der Waals surface area (Å²) in [7, 11) is 1.49. The molecule has 1 aromatic heterocycles. The summed E-state index contributed by atoms with van der Waals surface area (Å²) in [6.45, 7) is 0. The average molecular weight is 346 g/mol. The van der Waals surface area contributed by atoms with Crippen molar-refractivity contribution in [2.45, 2.75) is 0 Å². The summed E-state index contributed by atoms with van der Waals surface area (Å²) in [5.41, 5.74) is 6.22. The number of nitrogens with two attached hydrogens (primary N) is 1. The first-order chi connectivity index (χ1) is 11.5. The number of carbonyl (C=O) groups excluding carboxylic acids is 1. The molecule has 0 bridgehead atoms. The Morgan fingerprint density at radius 2 is 2.17 bits per heavy atom. The molecule has 0 unspecified atom stereocenters. The van der Waals surface area contributed by atoms with E-state index in [0.29, 0.717) is 28.2 Å². The molecule has 6 nitrogen and oxygen atoms in total. The molecule has 8 heteroatoms. The first-order valence-electron chi connectivity index (χ1n) is 6.77. The van der Waals surface area contributed by atoms with Gasteiger partial charge in [-0.3, -0.25) is 4.79 Å². The molecule has 1 radical (unpaired) electrons. The van der Waals surface area contributed by atoms with Gasteiger partial charge in [0.1, 0.15) is 17.4 Å². The molecule has 3 aromatic rings. The Labute approximate surface area is 141 Å². The normalized spacial score (nSPS) is 10.6. The summed E-state index contributed by atoms with van der Waals surface area (Å²) in [4.78, 5) is 19.7. The zero-order valence-corrected chi connectivity index (χ0v) is 13.2. The molecule has 1 heterocycles. The molecule has 0 fully saturated rings. The van der Waals surface area contributed by atoms with E-state index in [9.17, 15) is 9.18 Å². The van der Waals surface area contributed by atoms with Gasteiger partial charge in [0.2, 0.25) is 5.82 Å². The maximum Gasteiger partial charge on any atom is 0.286 e. The number of nitrogens with zero attached hydrogens (tertiary/aromatic N) is 2. The average Bonchev–Trinajstić information content (AvgIpc) is 2.57. The third-order valence-corrected chi connectivity index (χ3v) is 3.51. The van der Waals surface area contributed by atoms with Crippen LogP contribution in [0.3, 0.4) is 0 Å². The number of methoxy groups -OCH3 is 1. The second-order valence-corrected chi connectivity index (χ2v) is 5.22. The van der Waals surface area contributed by atoms with Gasteiger partial charge in [-0.25, -0.2) is 14.4 Å². The van der Waals surface area contributed by atoms with Crippen molar-refractivity contribution in [2.75, 3.05) is 12.4 Å². The number of aromatic nitrogens is 2. The number of anilines is 2. The van der Waals surface area contributed by atoms with Gasteiger partial charge in [-0.05, 0) is 24.3 Å². The minimum atomic E-state index is -0.774. The van der Waals surface area contributed by atoms with Crippen LogP contribution in [0.25, 0.3) is 10.9 Å². The number of amides is 1. The lowest BCUT2D eigenvalue weighted by Crippen LogP contribution is -2.16. The fraction of sp³-hybridized carbons (Fsp3) is 0.0625.